The molecule has 3 aromatic rings. The Kier molecular flexibility index (Phi) is 9.04. The van der Waals surface area contributed by atoms with Gasteiger partial charge in [-0.3, -0.25) is 9.69 Å². The van der Waals surface area contributed by atoms with Crippen LogP contribution in [0.4, 0.5) is 0 Å². The molecule has 0 saturated carbocycles. The molecule has 0 aliphatic carbocycles. The molecule has 39 heavy (non-hydrogen) atoms. The minimum absolute atomic E-state index is 0.0387. The van der Waals surface area contributed by atoms with E-state index in [0.717, 1.165) is 40.5 Å². The van der Waals surface area contributed by atoms with Crippen LogP contribution in [0.1, 0.15) is 23.1 Å². The zero-order valence-electron chi connectivity index (χ0n) is 21.9. The number of carbonyl (C=O) groups excluding carboxylic acids is 1. The molecule has 2 atom stereocenters. The van der Waals surface area contributed by atoms with Gasteiger partial charge in [0.1, 0.15) is 12.4 Å². The van der Waals surface area contributed by atoms with Crippen LogP contribution in [0.3, 0.4) is 0 Å². The van der Waals surface area contributed by atoms with E-state index in [4.69, 9.17) is 25.8 Å². The number of nitrogens with zero attached hydrogens (tertiary/aromatic N) is 1. The van der Waals surface area contributed by atoms with Gasteiger partial charge in [0, 0.05) is 42.8 Å². The van der Waals surface area contributed by atoms with E-state index >= 15 is 0 Å². The van der Waals surface area contributed by atoms with E-state index in [-0.39, 0.29) is 24.8 Å². The molecule has 0 radical (unpaired) electrons. The van der Waals surface area contributed by atoms with Crippen LogP contribution >= 0.6 is 11.6 Å². The van der Waals surface area contributed by atoms with Gasteiger partial charge in [-0.2, -0.15) is 0 Å². The molecular weight excluding hydrogens is 514 g/mol. The maximum atomic E-state index is 13.4. The molecule has 3 aromatic carbocycles. The lowest BCUT2D eigenvalue weighted by Crippen LogP contribution is -2.43. The summed E-state index contributed by atoms with van der Waals surface area (Å²) < 4.78 is 16.7. The number of benzene rings is 3. The minimum atomic E-state index is -0.245. The number of hydrogen-bond donors (Lipinski definition) is 2. The molecule has 5 rings (SSSR count). The van der Waals surface area contributed by atoms with Crippen molar-refractivity contribution >= 4 is 17.5 Å². The Balaban J connectivity index is 1.21. The number of ether oxygens (including phenoxy) is 3. The Labute approximate surface area is 234 Å². The molecule has 7 nitrogen and oxygen atoms in total. The largest absolute Gasteiger partial charge is 0.489 e. The average Bonchev–Trinajstić information content (AvgIpc) is 3.58. The summed E-state index contributed by atoms with van der Waals surface area (Å²) in [5.41, 5.74) is 3.26. The molecule has 1 saturated heterocycles. The van der Waals surface area contributed by atoms with Crippen LogP contribution in [0.5, 0.6) is 17.2 Å². The van der Waals surface area contributed by atoms with Crippen molar-refractivity contribution in [3.63, 3.8) is 0 Å². The first-order valence-corrected chi connectivity index (χ1v) is 13.7. The van der Waals surface area contributed by atoms with E-state index in [9.17, 15) is 4.79 Å². The van der Waals surface area contributed by atoms with Gasteiger partial charge in [-0.25, -0.2) is 0 Å². The van der Waals surface area contributed by atoms with E-state index in [1.807, 2.05) is 54.6 Å². The Morgan fingerprint density at radius 3 is 2.82 bits per heavy atom. The zero-order valence-corrected chi connectivity index (χ0v) is 22.7. The number of nitrogens with one attached hydrogen (secondary N) is 2. The van der Waals surface area contributed by atoms with Crippen LogP contribution in [-0.4, -0.2) is 49.4 Å². The van der Waals surface area contributed by atoms with Crippen LogP contribution in [-0.2, 0) is 24.3 Å². The van der Waals surface area contributed by atoms with Gasteiger partial charge in [0.25, 0.3) is 0 Å². The summed E-state index contributed by atoms with van der Waals surface area (Å²) in [4.78, 5) is 15.6. The molecule has 2 aliphatic heterocycles. The van der Waals surface area contributed by atoms with E-state index < -0.39 is 0 Å². The molecule has 8 heteroatoms. The van der Waals surface area contributed by atoms with Crippen LogP contribution in [0.2, 0.25) is 5.02 Å². The summed E-state index contributed by atoms with van der Waals surface area (Å²) in [5.74, 6) is 2.40. The number of hydrogen-bond acceptors (Lipinski definition) is 6. The van der Waals surface area contributed by atoms with E-state index in [1.54, 1.807) is 6.08 Å². The van der Waals surface area contributed by atoms with Crippen LogP contribution in [0.15, 0.2) is 79.4 Å². The highest BCUT2D eigenvalue weighted by Crippen LogP contribution is 2.32. The molecule has 2 aliphatic rings. The van der Waals surface area contributed by atoms with E-state index in [0.29, 0.717) is 44.1 Å². The second kappa shape index (κ2) is 13.0. The number of carbonyl (C=O) groups is 1. The number of amides is 1. The Morgan fingerprint density at radius 1 is 1.08 bits per heavy atom. The molecule has 2 N–H and O–H groups in total. The predicted octanol–water partition coefficient (Wildman–Crippen LogP) is 4.73. The molecule has 0 spiro atoms. The van der Waals surface area contributed by atoms with Crippen LogP contribution in [0, 0.1) is 0 Å². The fourth-order valence-corrected chi connectivity index (χ4v) is 5.32. The third kappa shape index (κ3) is 7.12. The van der Waals surface area contributed by atoms with Crippen molar-refractivity contribution < 1.29 is 19.0 Å². The van der Waals surface area contributed by atoms with Gasteiger partial charge in [-0.15, -0.1) is 0 Å². The summed E-state index contributed by atoms with van der Waals surface area (Å²) in [6.07, 6.45) is 3.17. The fraction of sp³-hybridized carbons (Fsp3) is 0.323. The molecule has 1 amide bonds. The van der Waals surface area contributed by atoms with Crippen molar-refractivity contribution in [2.45, 2.75) is 38.0 Å². The topological polar surface area (TPSA) is 72.1 Å². The third-order valence-corrected chi connectivity index (χ3v) is 7.28. The highest BCUT2D eigenvalue weighted by atomic mass is 35.5. The van der Waals surface area contributed by atoms with Crippen molar-refractivity contribution in [1.29, 1.82) is 0 Å². The van der Waals surface area contributed by atoms with E-state index in [2.05, 4.69) is 34.2 Å². The quantitative estimate of drug-likeness (QED) is 0.320. The van der Waals surface area contributed by atoms with Crippen molar-refractivity contribution in [2.24, 2.45) is 0 Å². The maximum Gasteiger partial charge on any atom is 0.237 e. The third-order valence-electron chi connectivity index (χ3n) is 7.04. The fourth-order valence-electron chi connectivity index (χ4n) is 5.11. The highest BCUT2D eigenvalue weighted by molar-refractivity contribution is 6.30. The summed E-state index contributed by atoms with van der Waals surface area (Å²) in [6, 6.07) is 21.6. The van der Waals surface area contributed by atoms with Crippen LogP contribution < -0.4 is 24.8 Å². The molecule has 0 unspecified atom stereocenters. The number of para-hydroxylation sites is 1. The molecule has 204 valence electrons. The van der Waals surface area contributed by atoms with Crippen molar-refractivity contribution in [1.82, 2.24) is 15.5 Å². The van der Waals surface area contributed by atoms with Gasteiger partial charge < -0.3 is 24.8 Å². The number of rotatable bonds is 12. The lowest BCUT2D eigenvalue weighted by molar-refractivity contribution is -0.125. The molecule has 1 fully saturated rings. The average molecular weight is 548 g/mol. The molecule has 2 heterocycles. The normalized spacial score (nSPS) is 18.2. The van der Waals surface area contributed by atoms with Gasteiger partial charge >= 0.3 is 0 Å². The second-order valence-electron chi connectivity index (χ2n) is 9.82. The van der Waals surface area contributed by atoms with Gasteiger partial charge in [-0.1, -0.05) is 60.7 Å². The van der Waals surface area contributed by atoms with Crippen molar-refractivity contribution in [2.75, 3.05) is 26.5 Å². The lowest BCUT2D eigenvalue weighted by Gasteiger charge is -2.23. The van der Waals surface area contributed by atoms with Crippen LogP contribution in [0.25, 0.3) is 0 Å². The van der Waals surface area contributed by atoms with Gasteiger partial charge in [0.15, 0.2) is 11.5 Å². The summed E-state index contributed by atoms with van der Waals surface area (Å²) in [5, 5.41) is 7.51. The first kappa shape index (κ1) is 27.1. The first-order valence-electron chi connectivity index (χ1n) is 13.3. The summed E-state index contributed by atoms with van der Waals surface area (Å²) in [7, 11) is 0. The van der Waals surface area contributed by atoms with E-state index in [1.165, 1.54) is 0 Å². The highest BCUT2D eigenvalue weighted by Gasteiger charge is 2.36. The van der Waals surface area contributed by atoms with Crippen molar-refractivity contribution in [3.05, 3.63) is 101 Å². The second-order valence-corrected chi connectivity index (χ2v) is 10.3. The van der Waals surface area contributed by atoms with Crippen molar-refractivity contribution in [3.8, 4) is 17.2 Å². The first-order chi connectivity index (χ1) is 19.1. The smallest absolute Gasteiger partial charge is 0.237 e. The monoisotopic (exact) mass is 547 g/mol. The standard InChI is InChI=1S/C31H34ClN3O4/c1-2-14-37-28-9-4-3-7-24(28)18-34-26-17-27(35(20-26)19-23-6-5-8-25(32)15-23)31(36)33-13-12-22-10-11-29-30(16-22)39-21-38-29/h2-11,15-16,26-27,34H,1,12-14,17-21H2,(H,33,36)/t26-,27-/m0/s1. The van der Waals surface area contributed by atoms with Gasteiger partial charge in [-0.05, 0) is 54.3 Å². The Bertz CT molecular complexity index is 1300. The number of fused-ring (bicyclic) bond motifs is 1. The Morgan fingerprint density at radius 2 is 1.95 bits per heavy atom. The molecule has 0 bridgehead atoms. The predicted molar refractivity (Wildman–Crippen MR) is 152 cm³/mol. The van der Waals surface area contributed by atoms with Gasteiger partial charge in [0.2, 0.25) is 12.7 Å². The zero-order chi connectivity index (χ0) is 27.0. The number of likely N-dealkylation sites (tertiary alicyclic amines) is 1. The minimum Gasteiger partial charge on any atom is -0.489 e. The molecule has 0 aromatic heterocycles. The van der Waals surface area contributed by atoms with Gasteiger partial charge in [0.05, 0.1) is 6.04 Å². The lowest BCUT2D eigenvalue weighted by atomic mass is 10.1. The molecular formula is C31H34ClN3O4. The SMILES string of the molecule is C=CCOc1ccccc1CN[C@H]1C[C@@H](C(=O)NCCc2ccc3c(c2)OCO3)N(Cc2cccc(Cl)c2)C1. The maximum absolute atomic E-state index is 13.4. The Hall–Kier alpha value is -3.52. The summed E-state index contributed by atoms with van der Waals surface area (Å²) >= 11 is 6.24. The summed E-state index contributed by atoms with van der Waals surface area (Å²) in [6.45, 7) is 7.05. The number of halogens is 1.